The summed E-state index contributed by atoms with van der Waals surface area (Å²) in [4.78, 5) is 0. The van der Waals surface area contributed by atoms with Crippen LogP contribution in [0.15, 0.2) is 0 Å². The Bertz CT molecular complexity index is 220. The minimum Gasteiger partial charge on any atom is -0.329 e. The van der Waals surface area contributed by atoms with Crippen LogP contribution in [0.4, 0.5) is 13.2 Å². The number of alkyl halides is 3. The molecular weight excluding hydrogens is 183 g/mol. The molecule has 0 heterocycles. The maximum absolute atomic E-state index is 11.8. The maximum Gasteiger partial charge on any atom is 0.406 e. The molecule has 0 aromatic rings. The van der Waals surface area contributed by atoms with Gasteiger partial charge >= 0.3 is 6.18 Å². The van der Waals surface area contributed by atoms with E-state index < -0.39 is 27.8 Å². The standard InChI is InChI=1S/C4H8F3NO2S/c1-11(9,10)3(2-8)4(5,6)7/h3H,2,8H2,1H3. The highest BCUT2D eigenvalue weighted by molar-refractivity contribution is 7.91. The van der Waals surface area contributed by atoms with Gasteiger partial charge in [-0.05, 0) is 0 Å². The first-order valence-electron chi connectivity index (χ1n) is 2.65. The summed E-state index contributed by atoms with van der Waals surface area (Å²) in [7, 11) is -4.12. The zero-order chi connectivity index (χ0) is 9.28. The van der Waals surface area contributed by atoms with E-state index in [1.165, 1.54) is 0 Å². The van der Waals surface area contributed by atoms with Crippen LogP contribution in [0.5, 0.6) is 0 Å². The maximum atomic E-state index is 11.8. The lowest BCUT2D eigenvalue weighted by Gasteiger charge is -2.15. The molecule has 0 aromatic heterocycles. The fourth-order valence-corrected chi connectivity index (χ4v) is 1.39. The van der Waals surface area contributed by atoms with E-state index in [4.69, 9.17) is 0 Å². The molecule has 68 valence electrons. The van der Waals surface area contributed by atoms with Crippen molar-refractivity contribution in [3.05, 3.63) is 0 Å². The summed E-state index contributed by atoms with van der Waals surface area (Å²) in [6, 6.07) is 0. The van der Waals surface area contributed by atoms with Crippen LogP contribution in [0.3, 0.4) is 0 Å². The normalized spacial score (nSPS) is 16.5. The Labute approximate surface area is 62.3 Å². The smallest absolute Gasteiger partial charge is 0.329 e. The molecule has 1 atom stereocenters. The Balaban J connectivity index is 4.72. The van der Waals surface area contributed by atoms with Crippen LogP contribution in [0.25, 0.3) is 0 Å². The lowest BCUT2D eigenvalue weighted by Crippen LogP contribution is -2.41. The Hall–Kier alpha value is -0.300. The van der Waals surface area contributed by atoms with Crippen molar-refractivity contribution in [1.82, 2.24) is 0 Å². The summed E-state index contributed by atoms with van der Waals surface area (Å²) < 4.78 is 56.1. The lowest BCUT2D eigenvalue weighted by atomic mass is 10.4. The molecule has 0 spiro atoms. The van der Waals surface area contributed by atoms with E-state index in [2.05, 4.69) is 5.73 Å². The Morgan fingerprint density at radius 1 is 1.45 bits per heavy atom. The molecule has 1 unspecified atom stereocenters. The first-order chi connectivity index (χ1) is 4.69. The average molecular weight is 191 g/mol. The third-order valence-electron chi connectivity index (χ3n) is 1.10. The van der Waals surface area contributed by atoms with E-state index in [1.54, 1.807) is 0 Å². The van der Waals surface area contributed by atoms with Gasteiger partial charge in [0.05, 0.1) is 0 Å². The molecule has 0 radical (unpaired) electrons. The molecule has 0 aliphatic heterocycles. The van der Waals surface area contributed by atoms with E-state index in [0.717, 1.165) is 0 Å². The number of hydrogen-bond donors (Lipinski definition) is 1. The fourth-order valence-electron chi connectivity index (χ4n) is 0.551. The van der Waals surface area contributed by atoms with Crippen molar-refractivity contribution in [3.8, 4) is 0 Å². The first kappa shape index (κ1) is 10.7. The van der Waals surface area contributed by atoms with Gasteiger partial charge in [0.1, 0.15) is 0 Å². The zero-order valence-corrected chi connectivity index (χ0v) is 6.54. The second kappa shape index (κ2) is 2.98. The molecular formula is C4H8F3NO2S. The van der Waals surface area contributed by atoms with E-state index in [-0.39, 0.29) is 0 Å². The molecule has 3 nitrogen and oxygen atoms in total. The van der Waals surface area contributed by atoms with E-state index >= 15 is 0 Å². The summed E-state index contributed by atoms with van der Waals surface area (Å²) in [5.41, 5.74) is 4.65. The van der Waals surface area contributed by atoms with E-state index in [9.17, 15) is 21.6 Å². The highest BCUT2D eigenvalue weighted by atomic mass is 32.2. The highest BCUT2D eigenvalue weighted by Crippen LogP contribution is 2.24. The van der Waals surface area contributed by atoms with Crippen molar-refractivity contribution >= 4 is 9.84 Å². The quantitative estimate of drug-likeness (QED) is 0.664. The van der Waals surface area contributed by atoms with Gasteiger partial charge < -0.3 is 5.73 Å². The monoisotopic (exact) mass is 191 g/mol. The Morgan fingerprint density at radius 2 is 1.82 bits per heavy atom. The van der Waals surface area contributed by atoms with Gasteiger partial charge in [-0.2, -0.15) is 13.2 Å². The molecule has 0 rings (SSSR count). The number of halogens is 3. The third-order valence-corrected chi connectivity index (χ3v) is 2.59. The van der Waals surface area contributed by atoms with Crippen LogP contribution in [0.1, 0.15) is 0 Å². The molecule has 0 saturated heterocycles. The Kier molecular flexibility index (Phi) is 2.90. The second-order valence-corrected chi connectivity index (χ2v) is 4.32. The predicted octanol–water partition coefficient (Wildman–Crippen LogP) is -0.0794. The van der Waals surface area contributed by atoms with E-state index in [1.807, 2.05) is 0 Å². The van der Waals surface area contributed by atoms with E-state index in [0.29, 0.717) is 6.26 Å². The summed E-state index contributed by atoms with van der Waals surface area (Å²) in [6.07, 6.45) is -4.25. The van der Waals surface area contributed by atoms with Gasteiger partial charge in [-0.15, -0.1) is 0 Å². The van der Waals surface area contributed by atoms with Gasteiger partial charge in [0, 0.05) is 12.8 Å². The molecule has 2 N–H and O–H groups in total. The molecule has 0 aromatic carbocycles. The van der Waals surface area contributed by atoms with Crippen molar-refractivity contribution in [3.63, 3.8) is 0 Å². The summed E-state index contributed by atoms with van der Waals surface area (Å²) in [5, 5.41) is -2.44. The van der Waals surface area contributed by atoms with Gasteiger partial charge in [-0.1, -0.05) is 0 Å². The molecule has 0 fully saturated rings. The number of nitrogens with two attached hydrogens (primary N) is 1. The first-order valence-corrected chi connectivity index (χ1v) is 4.60. The van der Waals surface area contributed by atoms with Crippen LogP contribution < -0.4 is 5.73 Å². The van der Waals surface area contributed by atoms with Gasteiger partial charge in [0.25, 0.3) is 0 Å². The predicted molar refractivity (Wildman–Crippen MR) is 33.7 cm³/mol. The minimum absolute atomic E-state index is 0.512. The van der Waals surface area contributed by atoms with Crippen molar-refractivity contribution in [2.45, 2.75) is 11.4 Å². The van der Waals surface area contributed by atoms with Crippen LogP contribution in [0, 0.1) is 0 Å². The molecule has 7 heteroatoms. The highest BCUT2D eigenvalue weighted by Gasteiger charge is 2.45. The molecule has 0 aliphatic carbocycles. The molecule has 0 amide bonds. The number of hydrogen-bond acceptors (Lipinski definition) is 3. The molecule has 0 saturated carbocycles. The molecule has 11 heavy (non-hydrogen) atoms. The third kappa shape index (κ3) is 3.06. The van der Waals surface area contributed by atoms with Crippen LogP contribution in [-0.4, -0.2) is 32.6 Å². The van der Waals surface area contributed by atoms with Crippen LogP contribution >= 0.6 is 0 Å². The van der Waals surface area contributed by atoms with Crippen molar-refractivity contribution in [2.75, 3.05) is 12.8 Å². The summed E-state index contributed by atoms with van der Waals surface area (Å²) >= 11 is 0. The second-order valence-electron chi connectivity index (χ2n) is 2.10. The molecule has 0 bridgehead atoms. The van der Waals surface area contributed by atoms with Gasteiger partial charge in [0.15, 0.2) is 15.1 Å². The molecule has 0 aliphatic rings. The number of sulfone groups is 1. The van der Waals surface area contributed by atoms with Gasteiger partial charge in [-0.25, -0.2) is 8.42 Å². The average Bonchev–Trinajstić information content (AvgIpc) is 1.56. The van der Waals surface area contributed by atoms with Crippen molar-refractivity contribution in [2.24, 2.45) is 5.73 Å². The van der Waals surface area contributed by atoms with Crippen molar-refractivity contribution in [1.29, 1.82) is 0 Å². The zero-order valence-electron chi connectivity index (χ0n) is 5.72. The van der Waals surface area contributed by atoms with Crippen LogP contribution in [-0.2, 0) is 9.84 Å². The minimum atomic E-state index is -4.76. The number of rotatable bonds is 2. The summed E-state index contributed by atoms with van der Waals surface area (Å²) in [6.45, 7) is -0.928. The van der Waals surface area contributed by atoms with Crippen molar-refractivity contribution < 1.29 is 21.6 Å². The van der Waals surface area contributed by atoms with Gasteiger partial charge in [0.2, 0.25) is 0 Å². The lowest BCUT2D eigenvalue weighted by molar-refractivity contribution is -0.128. The largest absolute Gasteiger partial charge is 0.406 e. The fraction of sp³-hybridized carbons (Fsp3) is 1.00. The summed E-state index contributed by atoms with van der Waals surface area (Å²) in [5.74, 6) is 0. The SMILES string of the molecule is CS(=O)(=O)C(CN)C(F)(F)F. The Morgan fingerprint density at radius 3 is 1.82 bits per heavy atom. The van der Waals surface area contributed by atoms with Gasteiger partial charge in [-0.3, -0.25) is 0 Å². The van der Waals surface area contributed by atoms with Crippen LogP contribution in [0.2, 0.25) is 0 Å². The topological polar surface area (TPSA) is 60.2 Å².